The summed E-state index contributed by atoms with van der Waals surface area (Å²) in [4.78, 5) is 11.0. The highest BCUT2D eigenvalue weighted by atomic mass is 35.5. The predicted octanol–water partition coefficient (Wildman–Crippen LogP) is 4.08. The van der Waals surface area contributed by atoms with Crippen LogP contribution >= 0.6 is 11.6 Å². The summed E-state index contributed by atoms with van der Waals surface area (Å²) in [5, 5.41) is -0.620. The van der Waals surface area contributed by atoms with E-state index in [1.54, 1.807) is 0 Å². The number of carbonyl (C=O) groups excluding carboxylic acids is 1. The summed E-state index contributed by atoms with van der Waals surface area (Å²) in [5.74, 6) is -1.19. The molecule has 2 nitrogen and oxygen atoms in total. The second-order valence-electron chi connectivity index (χ2n) is 3.11. The Hall–Kier alpha value is -1.30. The zero-order valence-electron chi connectivity index (χ0n) is 8.52. The van der Waals surface area contributed by atoms with Gasteiger partial charge in [-0.3, -0.25) is 4.79 Å². The van der Waals surface area contributed by atoms with Crippen molar-refractivity contribution < 1.29 is 27.1 Å². The molecule has 94 valence electrons. The van der Waals surface area contributed by atoms with Gasteiger partial charge in [0.15, 0.2) is 5.78 Å². The predicted molar refractivity (Wildman–Crippen MR) is 53.0 cm³/mol. The number of benzene rings is 1. The summed E-state index contributed by atoms with van der Waals surface area (Å²) >= 11 is 5.47. The van der Waals surface area contributed by atoms with Crippen LogP contribution in [0.15, 0.2) is 12.1 Å². The molecule has 0 N–H and O–H groups in total. The first kappa shape index (κ1) is 13.8. The van der Waals surface area contributed by atoms with Crippen molar-refractivity contribution in [1.29, 1.82) is 0 Å². The van der Waals surface area contributed by atoms with E-state index in [1.807, 2.05) is 0 Å². The van der Waals surface area contributed by atoms with E-state index in [9.17, 15) is 22.4 Å². The van der Waals surface area contributed by atoms with Gasteiger partial charge in [-0.15, -0.1) is 0 Å². The maximum atomic E-state index is 12.5. The van der Waals surface area contributed by atoms with Gasteiger partial charge in [0.05, 0.1) is 5.02 Å². The molecule has 0 bridgehead atoms. The van der Waals surface area contributed by atoms with E-state index in [0.29, 0.717) is 0 Å². The Morgan fingerprint density at radius 2 is 1.88 bits per heavy atom. The van der Waals surface area contributed by atoms with E-state index in [2.05, 4.69) is 4.74 Å². The third kappa shape index (κ3) is 3.33. The summed E-state index contributed by atoms with van der Waals surface area (Å²) in [6, 6.07) is 1.76. The van der Waals surface area contributed by atoms with Crippen molar-refractivity contribution >= 4 is 17.4 Å². The summed E-state index contributed by atoms with van der Waals surface area (Å²) in [7, 11) is 0. The number of ketones is 1. The summed E-state index contributed by atoms with van der Waals surface area (Å²) in [5.41, 5.74) is -0.879. The van der Waals surface area contributed by atoms with Crippen LogP contribution in [0.3, 0.4) is 0 Å². The van der Waals surface area contributed by atoms with Gasteiger partial charge in [0.1, 0.15) is 5.75 Å². The quantitative estimate of drug-likeness (QED) is 0.609. The van der Waals surface area contributed by atoms with E-state index >= 15 is 0 Å². The zero-order chi connectivity index (χ0) is 13.2. The molecule has 0 saturated heterocycles. The largest absolute Gasteiger partial charge is 0.433 e. The standard InChI is InChI=1S/C10H7ClF4O2/c1-4(16)5-2-6(9(12)13)8(11)7(3-5)17-10(14)15/h2-3,9-10H,1H3. The van der Waals surface area contributed by atoms with Crippen molar-refractivity contribution in [2.75, 3.05) is 0 Å². The van der Waals surface area contributed by atoms with Crippen molar-refractivity contribution in [3.05, 3.63) is 28.3 Å². The Kier molecular flexibility index (Phi) is 4.34. The number of halogens is 5. The van der Waals surface area contributed by atoms with E-state index in [1.165, 1.54) is 0 Å². The lowest BCUT2D eigenvalue weighted by Gasteiger charge is -2.12. The van der Waals surface area contributed by atoms with E-state index in [0.717, 1.165) is 19.1 Å². The van der Waals surface area contributed by atoms with E-state index in [4.69, 9.17) is 11.6 Å². The molecular weight excluding hydrogens is 264 g/mol. The Morgan fingerprint density at radius 3 is 2.29 bits per heavy atom. The van der Waals surface area contributed by atoms with Gasteiger partial charge in [-0.2, -0.15) is 8.78 Å². The van der Waals surface area contributed by atoms with E-state index < -0.39 is 35.2 Å². The molecule has 1 aromatic carbocycles. The van der Waals surface area contributed by atoms with Crippen LogP contribution in [-0.2, 0) is 0 Å². The monoisotopic (exact) mass is 270 g/mol. The van der Waals surface area contributed by atoms with Crippen LogP contribution in [0, 0.1) is 0 Å². The molecule has 17 heavy (non-hydrogen) atoms. The van der Waals surface area contributed by atoms with E-state index in [-0.39, 0.29) is 5.56 Å². The third-order valence-electron chi connectivity index (χ3n) is 1.93. The Morgan fingerprint density at radius 1 is 1.29 bits per heavy atom. The average molecular weight is 271 g/mol. The maximum absolute atomic E-state index is 12.5. The summed E-state index contributed by atoms with van der Waals surface area (Å²) in [6.07, 6.45) is -2.98. The highest BCUT2D eigenvalue weighted by Gasteiger charge is 2.20. The van der Waals surface area contributed by atoms with Gasteiger partial charge in [0.2, 0.25) is 0 Å². The van der Waals surface area contributed by atoms with Crippen LogP contribution in [0.25, 0.3) is 0 Å². The molecule has 7 heteroatoms. The maximum Gasteiger partial charge on any atom is 0.387 e. The molecule has 0 radical (unpaired) electrons. The molecule has 0 atom stereocenters. The van der Waals surface area contributed by atoms with Crippen LogP contribution in [-0.4, -0.2) is 12.4 Å². The minimum Gasteiger partial charge on any atom is -0.433 e. The molecule has 0 unspecified atom stereocenters. The second kappa shape index (κ2) is 5.35. The lowest BCUT2D eigenvalue weighted by molar-refractivity contribution is -0.0500. The summed E-state index contributed by atoms with van der Waals surface area (Å²) < 4.78 is 53.1. The van der Waals surface area contributed by atoms with Gasteiger partial charge in [0.25, 0.3) is 6.43 Å². The molecule has 0 aliphatic carbocycles. The lowest BCUT2D eigenvalue weighted by Crippen LogP contribution is -2.05. The lowest BCUT2D eigenvalue weighted by atomic mass is 10.1. The van der Waals surface area contributed by atoms with Crippen molar-refractivity contribution in [3.63, 3.8) is 0 Å². The number of rotatable bonds is 4. The Labute approximate surface area is 99.1 Å². The van der Waals surface area contributed by atoms with Gasteiger partial charge >= 0.3 is 6.61 Å². The Bertz CT molecular complexity index is 435. The second-order valence-corrected chi connectivity index (χ2v) is 3.49. The first-order valence-corrected chi connectivity index (χ1v) is 4.78. The molecule has 0 spiro atoms. The fourth-order valence-electron chi connectivity index (χ4n) is 1.16. The first-order chi connectivity index (χ1) is 7.82. The molecule has 0 saturated carbocycles. The molecule has 0 heterocycles. The zero-order valence-corrected chi connectivity index (χ0v) is 9.27. The average Bonchev–Trinajstić information content (AvgIpc) is 2.19. The molecular formula is C10H7ClF4O2. The Balaban J connectivity index is 3.32. The smallest absolute Gasteiger partial charge is 0.387 e. The van der Waals surface area contributed by atoms with Gasteiger partial charge in [-0.25, -0.2) is 8.78 Å². The van der Waals surface area contributed by atoms with Crippen molar-refractivity contribution in [2.24, 2.45) is 0 Å². The van der Waals surface area contributed by atoms with Crippen molar-refractivity contribution in [3.8, 4) is 5.75 Å². The topological polar surface area (TPSA) is 26.3 Å². The number of alkyl halides is 4. The highest BCUT2D eigenvalue weighted by Crippen LogP contribution is 2.36. The molecule has 0 aromatic heterocycles. The molecule has 0 aliphatic heterocycles. The van der Waals surface area contributed by atoms with Crippen molar-refractivity contribution in [1.82, 2.24) is 0 Å². The number of hydrogen-bond donors (Lipinski definition) is 0. The molecule has 0 aliphatic rings. The van der Waals surface area contributed by atoms with Gasteiger partial charge in [-0.05, 0) is 19.1 Å². The fraction of sp³-hybridized carbons (Fsp3) is 0.300. The minimum absolute atomic E-state index is 0.166. The number of hydrogen-bond acceptors (Lipinski definition) is 2. The summed E-state index contributed by atoms with van der Waals surface area (Å²) in [6.45, 7) is -2.09. The van der Waals surface area contributed by atoms with Crippen LogP contribution in [0.2, 0.25) is 5.02 Å². The van der Waals surface area contributed by atoms with Crippen molar-refractivity contribution in [2.45, 2.75) is 20.0 Å². The number of Topliss-reactive ketones (excluding diaryl/α,β-unsaturated/α-hetero) is 1. The molecule has 0 fully saturated rings. The number of carbonyl (C=O) groups is 1. The SMILES string of the molecule is CC(=O)c1cc(OC(F)F)c(Cl)c(C(F)F)c1. The normalized spacial score (nSPS) is 11.1. The molecule has 1 aromatic rings. The highest BCUT2D eigenvalue weighted by molar-refractivity contribution is 6.33. The van der Waals surface area contributed by atoms with Gasteiger partial charge < -0.3 is 4.74 Å². The van der Waals surface area contributed by atoms with Crippen LogP contribution < -0.4 is 4.74 Å². The van der Waals surface area contributed by atoms with Gasteiger partial charge in [0, 0.05) is 11.1 Å². The van der Waals surface area contributed by atoms with Crippen LogP contribution in [0.4, 0.5) is 17.6 Å². The van der Waals surface area contributed by atoms with Crippen LogP contribution in [0.1, 0.15) is 29.3 Å². The van der Waals surface area contributed by atoms with Crippen LogP contribution in [0.5, 0.6) is 5.75 Å². The fourth-order valence-corrected chi connectivity index (χ4v) is 1.40. The molecule has 0 amide bonds. The third-order valence-corrected chi connectivity index (χ3v) is 2.33. The number of ether oxygens (including phenoxy) is 1. The molecule has 1 rings (SSSR count). The van der Waals surface area contributed by atoms with Gasteiger partial charge in [-0.1, -0.05) is 11.6 Å². The minimum atomic E-state index is -3.21. The first-order valence-electron chi connectivity index (χ1n) is 4.40.